The number of thiophene rings is 1. The van der Waals surface area contributed by atoms with Crippen LogP contribution in [-0.2, 0) is 11.3 Å². The molecule has 13 heteroatoms. The number of rotatable bonds is 8. The number of hydrogen-bond donors (Lipinski definition) is 2. The van der Waals surface area contributed by atoms with E-state index in [1.54, 1.807) is 44.2 Å². The maximum atomic E-state index is 13.6. The van der Waals surface area contributed by atoms with Crippen LogP contribution in [0.15, 0.2) is 36.4 Å². The Kier molecular flexibility index (Phi) is 6.99. The van der Waals surface area contributed by atoms with Crippen LogP contribution in [0.25, 0.3) is 21.3 Å². The molecule has 0 saturated heterocycles. The highest BCUT2D eigenvalue weighted by Crippen LogP contribution is 2.42. The molecule has 0 bridgehead atoms. The van der Waals surface area contributed by atoms with Crippen LogP contribution in [0, 0.1) is 29.9 Å². The highest BCUT2D eigenvalue weighted by molar-refractivity contribution is 7.21. The Morgan fingerprint density at radius 1 is 1.24 bits per heavy atom. The van der Waals surface area contributed by atoms with E-state index in [4.69, 9.17) is 5.73 Å². The van der Waals surface area contributed by atoms with Gasteiger partial charge < -0.3 is 11.1 Å². The zero-order chi connectivity index (χ0) is 27.0. The molecule has 2 amide bonds. The topological polar surface area (TPSA) is 146 Å². The molecule has 3 N–H and O–H groups in total. The van der Waals surface area contributed by atoms with Crippen molar-refractivity contribution in [3.8, 4) is 11.1 Å². The van der Waals surface area contributed by atoms with Crippen LogP contribution in [-0.4, -0.2) is 31.5 Å². The Morgan fingerprint density at radius 2 is 1.92 bits per heavy atom. The lowest BCUT2D eigenvalue weighted by Crippen LogP contribution is -2.26. The van der Waals surface area contributed by atoms with Gasteiger partial charge in [-0.05, 0) is 31.0 Å². The van der Waals surface area contributed by atoms with Gasteiger partial charge in [0.1, 0.15) is 26.8 Å². The summed E-state index contributed by atoms with van der Waals surface area (Å²) in [6, 6.07) is 9.91. The minimum absolute atomic E-state index is 0.0274. The average molecular weight is 529 g/mol. The first-order valence-electron chi connectivity index (χ1n) is 11.1. The van der Waals surface area contributed by atoms with Crippen molar-refractivity contribution in [1.82, 2.24) is 14.8 Å². The fraction of sp³-hybridized carbons (Fsp3) is 0.250. The van der Waals surface area contributed by atoms with Crippen molar-refractivity contribution >= 4 is 44.7 Å². The highest BCUT2D eigenvalue weighted by Gasteiger charge is 2.28. The first kappa shape index (κ1) is 25.8. The molecule has 37 heavy (non-hydrogen) atoms. The molecule has 1 aromatic carbocycles. The smallest absolute Gasteiger partial charge is 0.312 e. The van der Waals surface area contributed by atoms with Crippen molar-refractivity contribution in [3.63, 3.8) is 0 Å². The van der Waals surface area contributed by atoms with Crippen molar-refractivity contribution in [3.05, 3.63) is 68.5 Å². The van der Waals surface area contributed by atoms with E-state index in [2.05, 4.69) is 15.4 Å². The number of fused-ring (bicyclic) bond motifs is 1. The number of nitro groups is 1. The predicted molar refractivity (Wildman–Crippen MR) is 135 cm³/mol. The summed E-state index contributed by atoms with van der Waals surface area (Å²) in [5, 5.41) is 18.5. The monoisotopic (exact) mass is 528 g/mol. The summed E-state index contributed by atoms with van der Waals surface area (Å²) in [6.45, 7) is 4.68. The van der Waals surface area contributed by atoms with Gasteiger partial charge >= 0.3 is 5.69 Å². The van der Waals surface area contributed by atoms with Gasteiger partial charge in [0.15, 0.2) is 0 Å². The third-order valence-corrected chi connectivity index (χ3v) is 6.98. The Hall–Kier alpha value is -4.26. The van der Waals surface area contributed by atoms with Gasteiger partial charge in [-0.2, -0.15) is 5.10 Å². The summed E-state index contributed by atoms with van der Waals surface area (Å²) < 4.78 is 28.6. The number of pyridine rings is 1. The zero-order valence-corrected chi connectivity index (χ0v) is 20.8. The standard InChI is InChI=1S/C24H22F2N6O4S/c1-11(10-31-13(3)19(32(35)36)12(2)30-31)23(34)29-18-17-15(14-7-5-4-6-8-14)9-16(21(25)26)28-24(17)37-20(18)22(27)33/h4-9,11,21H,10H2,1-3H3,(H2,27,33)(H,29,34). The van der Waals surface area contributed by atoms with Crippen molar-refractivity contribution in [1.29, 1.82) is 0 Å². The number of halogens is 2. The van der Waals surface area contributed by atoms with E-state index in [9.17, 15) is 28.5 Å². The average Bonchev–Trinajstić information content (AvgIpc) is 3.35. The number of benzene rings is 1. The number of nitrogens with one attached hydrogen (secondary N) is 1. The van der Waals surface area contributed by atoms with Crippen LogP contribution >= 0.6 is 11.3 Å². The van der Waals surface area contributed by atoms with Crippen molar-refractivity contribution in [2.75, 3.05) is 5.32 Å². The first-order chi connectivity index (χ1) is 17.5. The molecule has 0 spiro atoms. The lowest BCUT2D eigenvalue weighted by molar-refractivity contribution is -0.386. The van der Waals surface area contributed by atoms with Crippen LogP contribution in [0.5, 0.6) is 0 Å². The van der Waals surface area contributed by atoms with E-state index < -0.39 is 34.8 Å². The summed E-state index contributed by atoms with van der Waals surface area (Å²) >= 11 is 0.815. The third-order valence-electron chi connectivity index (χ3n) is 5.88. The second-order valence-electron chi connectivity index (χ2n) is 8.46. The lowest BCUT2D eigenvalue weighted by atomic mass is 10.0. The second-order valence-corrected chi connectivity index (χ2v) is 9.46. The number of hydrogen-bond acceptors (Lipinski definition) is 7. The van der Waals surface area contributed by atoms with Crippen LogP contribution in [0.4, 0.5) is 20.2 Å². The number of amides is 2. The van der Waals surface area contributed by atoms with Gasteiger partial charge in [-0.1, -0.05) is 37.3 Å². The molecule has 10 nitrogen and oxygen atoms in total. The van der Waals surface area contributed by atoms with Gasteiger partial charge in [0.25, 0.3) is 12.3 Å². The zero-order valence-electron chi connectivity index (χ0n) is 20.0. The normalized spacial score (nSPS) is 12.2. The molecule has 0 aliphatic carbocycles. The Balaban J connectivity index is 1.77. The van der Waals surface area contributed by atoms with E-state index in [1.165, 1.54) is 17.7 Å². The van der Waals surface area contributed by atoms with Crippen LogP contribution in [0.2, 0.25) is 0 Å². The molecule has 1 unspecified atom stereocenters. The molecule has 1 atom stereocenters. The summed E-state index contributed by atoms with van der Waals surface area (Å²) in [4.78, 5) is 40.4. The number of primary amides is 1. The molecule has 0 aliphatic heterocycles. The lowest BCUT2D eigenvalue weighted by Gasteiger charge is -2.15. The van der Waals surface area contributed by atoms with E-state index in [1.807, 2.05) is 0 Å². The van der Waals surface area contributed by atoms with Gasteiger partial charge in [-0.3, -0.25) is 24.4 Å². The highest BCUT2D eigenvalue weighted by atomic mass is 32.1. The first-order valence-corrected chi connectivity index (χ1v) is 11.9. The predicted octanol–water partition coefficient (Wildman–Crippen LogP) is 5.00. The maximum absolute atomic E-state index is 13.6. The number of aryl methyl sites for hydroxylation is 1. The van der Waals surface area contributed by atoms with E-state index in [0.717, 1.165) is 11.3 Å². The molecule has 0 fully saturated rings. The van der Waals surface area contributed by atoms with Gasteiger partial charge in [-0.15, -0.1) is 11.3 Å². The molecule has 3 aromatic heterocycles. The van der Waals surface area contributed by atoms with Crippen LogP contribution in [0.3, 0.4) is 0 Å². The number of nitrogens with two attached hydrogens (primary N) is 1. The van der Waals surface area contributed by atoms with Crippen molar-refractivity contribution in [2.24, 2.45) is 11.7 Å². The molecule has 192 valence electrons. The van der Waals surface area contributed by atoms with E-state index in [0.29, 0.717) is 22.2 Å². The van der Waals surface area contributed by atoms with Crippen molar-refractivity contribution in [2.45, 2.75) is 33.7 Å². The number of nitrogens with zero attached hydrogens (tertiary/aromatic N) is 4. The van der Waals surface area contributed by atoms with E-state index >= 15 is 0 Å². The number of anilines is 1. The maximum Gasteiger partial charge on any atom is 0.312 e. The molecule has 0 saturated carbocycles. The molecule has 0 radical (unpaired) electrons. The van der Waals surface area contributed by atoms with Gasteiger partial charge in [0.2, 0.25) is 5.91 Å². The second kappa shape index (κ2) is 10.0. The molecular formula is C24H22F2N6O4S. The fourth-order valence-corrected chi connectivity index (χ4v) is 5.10. The van der Waals surface area contributed by atoms with Crippen LogP contribution in [0.1, 0.15) is 40.1 Å². The minimum Gasteiger partial charge on any atom is -0.365 e. The van der Waals surface area contributed by atoms with E-state index in [-0.39, 0.29) is 33.3 Å². The van der Waals surface area contributed by atoms with Crippen molar-refractivity contribution < 1.29 is 23.3 Å². The number of carbonyl (C=O) groups excluding carboxylic acids is 2. The third kappa shape index (κ3) is 4.89. The molecule has 3 heterocycles. The summed E-state index contributed by atoms with van der Waals surface area (Å²) in [6.07, 6.45) is -2.85. The van der Waals surface area contributed by atoms with Gasteiger partial charge in [0, 0.05) is 5.39 Å². The summed E-state index contributed by atoms with van der Waals surface area (Å²) in [5.41, 5.74) is 6.54. The summed E-state index contributed by atoms with van der Waals surface area (Å²) in [5.74, 6) is -2.10. The molecule has 0 aliphatic rings. The Morgan fingerprint density at radius 3 is 2.49 bits per heavy atom. The SMILES string of the molecule is Cc1nn(CC(C)C(=O)Nc2c(C(N)=O)sc3nc(C(F)F)cc(-c4ccccc4)c23)c(C)c1[N+](=O)[O-]. The largest absolute Gasteiger partial charge is 0.365 e. The molecular weight excluding hydrogens is 506 g/mol. The number of aromatic nitrogens is 3. The number of carbonyl (C=O) groups is 2. The fourth-order valence-electron chi connectivity index (χ4n) is 4.09. The Bertz CT molecular complexity index is 1530. The quantitative estimate of drug-likeness (QED) is 0.243. The number of alkyl halides is 2. The summed E-state index contributed by atoms with van der Waals surface area (Å²) in [7, 11) is 0. The Labute approximate surface area is 213 Å². The van der Waals surface area contributed by atoms with Crippen LogP contribution < -0.4 is 11.1 Å². The molecule has 4 aromatic rings. The minimum atomic E-state index is -2.85. The van der Waals surface area contributed by atoms with Gasteiger partial charge in [0.05, 0.1) is 23.1 Å². The van der Waals surface area contributed by atoms with Gasteiger partial charge in [-0.25, -0.2) is 13.8 Å². The molecule has 4 rings (SSSR count).